The van der Waals surface area contributed by atoms with Crippen molar-refractivity contribution in [2.45, 2.75) is 25.6 Å². The van der Waals surface area contributed by atoms with Gasteiger partial charge in [-0.3, -0.25) is 15.3 Å². The van der Waals surface area contributed by atoms with E-state index in [2.05, 4.69) is 30.5 Å². The summed E-state index contributed by atoms with van der Waals surface area (Å²) < 4.78 is 0. The highest BCUT2D eigenvalue weighted by Gasteiger charge is 2.18. The van der Waals surface area contributed by atoms with E-state index in [1.807, 2.05) is 24.3 Å². The van der Waals surface area contributed by atoms with Crippen LogP contribution in [0.5, 0.6) is 0 Å². The Kier molecular flexibility index (Phi) is 5.63. The zero-order valence-electron chi connectivity index (χ0n) is 14.5. The Balaban J connectivity index is 1.73. The van der Waals surface area contributed by atoms with Gasteiger partial charge in [0, 0.05) is 18.0 Å². The Hall–Kier alpha value is -2.73. The van der Waals surface area contributed by atoms with Crippen LogP contribution in [0.4, 0.5) is 0 Å². The molecule has 2 unspecified atom stereocenters. The van der Waals surface area contributed by atoms with Crippen LogP contribution >= 0.6 is 0 Å². The van der Waals surface area contributed by atoms with Crippen molar-refractivity contribution < 1.29 is 15.1 Å². The molecule has 0 saturated carbocycles. The van der Waals surface area contributed by atoms with Crippen molar-refractivity contribution in [3.8, 4) is 0 Å². The minimum Gasteiger partial charge on any atom is -0.374 e. The van der Waals surface area contributed by atoms with Gasteiger partial charge in [0.1, 0.15) is 6.23 Å². The molecule has 1 aliphatic rings. The molecule has 3 rings (SSSR count). The van der Waals surface area contributed by atoms with E-state index in [4.69, 9.17) is 5.21 Å². The maximum atomic E-state index is 11.3. The number of amides is 1. The number of carbonyl (C=O) groups is 1. The standard InChI is InChI=1S/C21H22N2O3/c1-14-5-2-3-6-16-7-4-8-18(19(14)16)21(25)22-13-15-9-11-17(12-10-15)20(24)23-26/h2-12,14,21-22,25-26H,13H2,1H3,(H,23,24). The molecular weight excluding hydrogens is 328 g/mol. The molecule has 0 radical (unpaired) electrons. The molecule has 26 heavy (non-hydrogen) atoms. The number of aliphatic hydroxyl groups is 1. The Bertz CT molecular complexity index is 841. The van der Waals surface area contributed by atoms with Gasteiger partial charge in [0.2, 0.25) is 0 Å². The summed E-state index contributed by atoms with van der Waals surface area (Å²) in [6.07, 6.45) is 7.40. The maximum Gasteiger partial charge on any atom is 0.274 e. The Morgan fingerprint density at radius 3 is 2.65 bits per heavy atom. The Morgan fingerprint density at radius 2 is 1.92 bits per heavy atom. The van der Waals surface area contributed by atoms with E-state index in [0.29, 0.717) is 12.1 Å². The summed E-state index contributed by atoms with van der Waals surface area (Å²) in [5.74, 6) is -0.337. The van der Waals surface area contributed by atoms with Crippen molar-refractivity contribution in [1.82, 2.24) is 10.8 Å². The Labute approximate surface area is 152 Å². The second kappa shape index (κ2) is 8.10. The molecule has 4 N–H and O–H groups in total. The highest BCUT2D eigenvalue weighted by molar-refractivity contribution is 5.93. The quantitative estimate of drug-likeness (QED) is 0.379. The van der Waals surface area contributed by atoms with Gasteiger partial charge in [0.15, 0.2) is 0 Å². The average Bonchev–Trinajstić information content (AvgIpc) is 2.87. The first kappa shape index (κ1) is 18.1. The fourth-order valence-electron chi connectivity index (χ4n) is 3.16. The van der Waals surface area contributed by atoms with Crippen LogP contribution in [0.2, 0.25) is 0 Å². The largest absolute Gasteiger partial charge is 0.374 e. The van der Waals surface area contributed by atoms with Crippen LogP contribution < -0.4 is 10.8 Å². The molecule has 2 atom stereocenters. The fraction of sp³-hybridized carbons (Fsp3) is 0.190. The number of hydrogen-bond acceptors (Lipinski definition) is 4. The van der Waals surface area contributed by atoms with Gasteiger partial charge < -0.3 is 5.11 Å². The van der Waals surface area contributed by atoms with Crippen LogP contribution in [-0.4, -0.2) is 16.2 Å². The molecule has 5 nitrogen and oxygen atoms in total. The molecule has 1 aliphatic carbocycles. The maximum absolute atomic E-state index is 11.3. The lowest BCUT2D eigenvalue weighted by atomic mass is 9.90. The number of aliphatic hydroxyl groups excluding tert-OH is 1. The summed E-state index contributed by atoms with van der Waals surface area (Å²) in [6.45, 7) is 2.56. The van der Waals surface area contributed by atoms with Crippen LogP contribution in [0.25, 0.3) is 6.08 Å². The fourth-order valence-corrected chi connectivity index (χ4v) is 3.16. The molecule has 0 aromatic heterocycles. The van der Waals surface area contributed by atoms with Crippen molar-refractivity contribution in [3.05, 3.63) is 88.5 Å². The first-order valence-electron chi connectivity index (χ1n) is 8.52. The summed E-state index contributed by atoms with van der Waals surface area (Å²) in [5.41, 5.74) is 5.99. The molecule has 0 heterocycles. The molecule has 0 fully saturated rings. The molecule has 0 aliphatic heterocycles. The van der Waals surface area contributed by atoms with Crippen LogP contribution in [0.15, 0.2) is 60.7 Å². The van der Waals surface area contributed by atoms with Gasteiger partial charge in [-0.1, -0.05) is 61.6 Å². The zero-order valence-corrected chi connectivity index (χ0v) is 14.5. The number of carbonyl (C=O) groups excluding carboxylic acids is 1. The summed E-state index contributed by atoms with van der Waals surface area (Å²) in [5, 5.41) is 22.4. The van der Waals surface area contributed by atoms with Crippen LogP contribution in [0, 0.1) is 0 Å². The number of rotatable bonds is 5. The summed E-state index contributed by atoms with van der Waals surface area (Å²) in [7, 11) is 0. The van der Waals surface area contributed by atoms with Crippen molar-refractivity contribution in [1.29, 1.82) is 0 Å². The third kappa shape index (κ3) is 3.91. The van der Waals surface area contributed by atoms with E-state index in [9.17, 15) is 9.90 Å². The number of fused-ring (bicyclic) bond motifs is 1. The lowest BCUT2D eigenvalue weighted by Gasteiger charge is -2.21. The molecule has 5 heteroatoms. The summed E-state index contributed by atoms with van der Waals surface area (Å²) in [6, 6.07) is 12.8. The minimum absolute atomic E-state index is 0.212. The van der Waals surface area contributed by atoms with Crippen molar-refractivity contribution in [2.75, 3.05) is 0 Å². The van der Waals surface area contributed by atoms with Crippen molar-refractivity contribution >= 4 is 12.0 Å². The molecule has 2 aromatic carbocycles. The molecule has 134 valence electrons. The van der Waals surface area contributed by atoms with Crippen LogP contribution in [0.1, 0.15) is 51.7 Å². The average molecular weight is 350 g/mol. The van der Waals surface area contributed by atoms with Gasteiger partial charge in [0.05, 0.1) is 0 Å². The first-order valence-corrected chi connectivity index (χ1v) is 8.52. The second-order valence-corrected chi connectivity index (χ2v) is 6.30. The predicted octanol–water partition coefficient (Wildman–Crippen LogP) is 3.27. The number of allylic oxidation sites excluding steroid dienone is 3. The van der Waals surface area contributed by atoms with E-state index in [1.165, 1.54) is 0 Å². The van der Waals surface area contributed by atoms with Crippen LogP contribution in [0.3, 0.4) is 0 Å². The SMILES string of the molecule is CC1C=CC=Cc2cccc(C(O)NCc3ccc(C(=O)NO)cc3)c21. The van der Waals surface area contributed by atoms with Gasteiger partial charge in [-0.25, -0.2) is 5.48 Å². The third-order valence-corrected chi connectivity index (χ3v) is 4.53. The minimum atomic E-state index is -0.798. The Morgan fingerprint density at radius 1 is 1.15 bits per heavy atom. The number of hydroxylamine groups is 1. The molecule has 1 amide bonds. The topological polar surface area (TPSA) is 81.6 Å². The van der Waals surface area contributed by atoms with E-state index in [0.717, 1.165) is 22.3 Å². The van der Waals surface area contributed by atoms with Gasteiger partial charge in [-0.05, 0) is 34.4 Å². The van der Waals surface area contributed by atoms with Gasteiger partial charge in [-0.2, -0.15) is 0 Å². The summed E-state index contributed by atoms with van der Waals surface area (Å²) >= 11 is 0. The normalized spacial score (nSPS) is 16.7. The number of nitrogens with one attached hydrogen (secondary N) is 2. The summed E-state index contributed by atoms with van der Waals surface area (Å²) in [4.78, 5) is 11.3. The van der Waals surface area contributed by atoms with E-state index < -0.39 is 12.1 Å². The lowest BCUT2D eigenvalue weighted by Crippen LogP contribution is -2.22. The highest BCUT2D eigenvalue weighted by Crippen LogP contribution is 2.31. The van der Waals surface area contributed by atoms with E-state index >= 15 is 0 Å². The molecule has 0 spiro atoms. The van der Waals surface area contributed by atoms with Gasteiger partial charge >= 0.3 is 0 Å². The molecular formula is C21H22N2O3. The molecule has 0 saturated heterocycles. The highest BCUT2D eigenvalue weighted by atomic mass is 16.5. The van der Waals surface area contributed by atoms with Gasteiger partial charge in [0.25, 0.3) is 5.91 Å². The zero-order chi connectivity index (χ0) is 18.5. The van der Waals surface area contributed by atoms with Crippen LogP contribution in [-0.2, 0) is 6.54 Å². The third-order valence-electron chi connectivity index (χ3n) is 4.53. The van der Waals surface area contributed by atoms with E-state index in [1.54, 1.807) is 29.7 Å². The lowest BCUT2D eigenvalue weighted by molar-refractivity contribution is 0.0706. The monoisotopic (exact) mass is 350 g/mol. The molecule has 2 aromatic rings. The number of benzene rings is 2. The molecule has 0 bridgehead atoms. The van der Waals surface area contributed by atoms with Gasteiger partial charge in [-0.15, -0.1) is 0 Å². The van der Waals surface area contributed by atoms with Crippen molar-refractivity contribution in [2.24, 2.45) is 0 Å². The first-order chi connectivity index (χ1) is 12.6. The predicted molar refractivity (Wildman–Crippen MR) is 101 cm³/mol. The van der Waals surface area contributed by atoms with Crippen molar-refractivity contribution in [3.63, 3.8) is 0 Å². The second-order valence-electron chi connectivity index (χ2n) is 6.30. The smallest absolute Gasteiger partial charge is 0.274 e. The van der Waals surface area contributed by atoms with E-state index in [-0.39, 0.29) is 5.92 Å². The number of hydrogen-bond donors (Lipinski definition) is 4.